The first kappa shape index (κ1) is 25.6. The largest absolute Gasteiger partial charge is 0.455 e. The number of aromatic nitrogens is 1. The summed E-state index contributed by atoms with van der Waals surface area (Å²) >= 11 is 0. The minimum atomic E-state index is -0.644. The number of benzene rings is 1. The number of amides is 2. The molecule has 0 radical (unpaired) electrons. The molecular weight excluding hydrogens is 434 g/mol. The van der Waals surface area contributed by atoms with Gasteiger partial charge in [-0.3, -0.25) is 24.4 Å². The second-order valence-electron chi connectivity index (χ2n) is 9.72. The van der Waals surface area contributed by atoms with Gasteiger partial charge in [-0.05, 0) is 56.5 Å². The van der Waals surface area contributed by atoms with E-state index in [2.05, 4.69) is 16.5 Å². The van der Waals surface area contributed by atoms with E-state index in [4.69, 9.17) is 16.2 Å². The smallest absolute Gasteiger partial charge is 0.325 e. The zero-order valence-electron chi connectivity index (χ0n) is 20.3. The number of carbonyl (C=O) groups excluding carboxylic acids is 3. The van der Waals surface area contributed by atoms with Crippen molar-refractivity contribution < 1.29 is 19.1 Å². The van der Waals surface area contributed by atoms with Gasteiger partial charge in [-0.2, -0.15) is 0 Å². The molecule has 0 saturated carbocycles. The number of pyridine rings is 1. The Labute approximate surface area is 200 Å². The first-order valence-corrected chi connectivity index (χ1v) is 11.7. The highest BCUT2D eigenvalue weighted by molar-refractivity contribution is 5.84. The molecule has 1 aliphatic rings. The van der Waals surface area contributed by atoms with Crippen LogP contribution in [0, 0.1) is 5.41 Å². The van der Waals surface area contributed by atoms with E-state index < -0.39 is 29.6 Å². The Kier molecular flexibility index (Phi) is 7.89. The minimum absolute atomic E-state index is 0.253. The van der Waals surface area contributed by atoms with E-state index >= 15 is 0 Å². The van der Waals surface area contributed by atoms with E-state index in [1.807, 2.05) is 32.0 Å². The zero-order chi connectivity index (χ0) is 25.0. The summed E-state index contributed by atoms with van der Waals surface area (Å²) in [5, 5.41) is 3.35. The fourth-order valence-electron chi connectivity index (χ4n) is 3.84. The van der Waals surface area contributed by atoms with E-state index in [1.54, 1.807) is 20.0 Å². The SMILES string of the molecule is C[C@H](N)C(=O)N1CCC[C@@H](C(=O)O[C@H](C)c2cc3cc(CCC(C)(C)C(N)=O)ccc3cn2)N1. The second kappa shape index (κ2) is 10.5. The number of nitrogens with zero attached hydrogens (tertiary/aromatic N) is 2. The molecule has 0 aliphatic carbocycles. The molecule has 0 spiro atoms. The molecule has 9 nitrogen and oxygen atoms in total. The summed E-state index contributed by atoms with van der Waals surface area (Å²) in [5.74, 6) is -0.997. The number of rotatable bonds is 8. The van der Waals surface area contributed by atoms with E-state index in [0.29, 0.717) is 31.5 Å². The van der Waals surface area contributed by atoms with Crippen LogP contribution in [0.5, 0.6) is 0 Å². The number of carbonyl (C=O) groups is 3. The van der Waals surface area contributed by atoms with Gasteiger partial charge in [-0.25, -0.2) is 5.43 Å². The number of hydrogen-bond donors (Lipinski definition) is 3. The van der Waals surface area contributed by atoms with E-state index in [1.165, 1.54) is 5.01 Å². The van der Waals surface area contributed by atoms with Crippen LogP contribution in [0.15, 0.2) is 30.5 Å². The molecule has 3 atom stereocenters. The number of hydrogen-bond acceptors (Lipinski definition) is 7. The Balaban J connectivity index is 1.67. The van der Waals surface area contributed by atoms with Crippen molar-refractivity contribution in [1.29, 1.82) is 0 Å². The minimum Gasteiger partial charge on any atom is -0.455 e. The fourth-order valence-corrected chi connectivity index (χ4v) is 3.84. The van der Waals surface area contributed by atoms with Gasteiger partial charge in [0.1, 0.15) is 12.1 Å². The van der Waals surface area contributed by atoms with Crippen LogP contribution in [0.25, 0.3) is 10.8 Å². The Morgan fingerprint density at radius 2 is 1.97 bits per heavy atom. The maximum Gasteiger partial charge on any atom is 0.325 e. The highest BCUT2D eigenvalue weighted by Crippen LogP contribution is 2.26. The molecule has 0 unspecified atom stereocenters. The molecule has 5 N–H and O–H groups in total. The molecule has 0 bridgehead atoms. The third kappa shape index (κ3) is 6.09. The molecule has 2 aromatic rings. The summed E-state index contributed by atoms with van der Waals surface area (Å²) in [5.41, 5.74) is 15.3. The van der Waals surface area contributed by atoms with E-state index in [0.717, 1.165) is 22.8 Å². The average molecular weight is 470 g/mol. The summed E-state index contributed by atoms with van der Waals surface area (Å²) in [6.07, 6.45) is 3.83. The number of ether oxygens (including phenoxy) is 1. The number of primary amides is 1. The van der Waals surface area contributed by atoms with Crippen LogP contribution in [0.4, 0.5) is 0 Å². The predicted molar refractivity (Wildman–Crippen MR) is 129 cm³/mol. The summed E-state index contributed by atoms with van der Waals surface area (Å²) in [6.45, 7) is 7.59. The van der Waals surface area contributed by atoms with Crippen LogP contribution in [-0.4, -0.2) is 46.4 Å². The lowest BCUT2D eigenvalue weighted by Gasteiger charge is -2.34. The van der Waals surface area contributed by atoms with Crippen molar-refractivity contribution in [2.75, 3.05) is 6.54 Å². The number of hydrazine groups is 1. The van der Waals surface area contributed by atoms with Crippen molar-refractivity contribution in [2.24, 2.45) is 16.9 Å². The third-order valence-electron chi connectivity index (χ3n) is 6.35. The molecule has 1 aliphatic heterocycles. The maximum absolute atomic E-state index is 12.8. The lowest BCUT2D eigenvalue weighted by Crippen LogP contribution is -2.58. The Bertz CT molecular complexity index is 1070. The number of aryl methyl sites for hydroxylation is 1. The van der Waals surface area contributed by atoms with Gasteiger partial charge in [0.15, 0.2) is 0 Å². The van der Waals surface area contributed by atoms with Gasteiger partial charge in [0.05, 0.1) is 11.7 Å². The Morgan fingerprint density at radius 3 is 2.65 bits per heavy atom. The molecule has 9 heteroatoms. The van der Waals surface area contributed by atoms with Gasteiger partial charge in [0, 0.05) is 23.5 Å². The van der Waals surface area contributed by atoms with Gasteiger partial charge >= 0.3 is 5.97 Å². The average Bonchev–Trinajstić information content (AvgIpc) is 2.81. The molecule has 34 heavy (non-hydrogen) atoms. The highest BCUT2D eigenvalue weighted by atomic mass is 16.5. The van der Waals surface area contributed by atoms with E-state index in [-0.39, 0.29) is 11.8 Å². The van der Waals surface area contributed by atoms with Gasteiger partial charge < -0.3 is 16.2 Å². The summed E-state index contributed by atoms with van der Waals surface area (Å²) < 4.78 is 5.68. The molecule has 184 valence electrons. The van der Waals surface area contributed by atoms with Crippen LogP contribution in [0.3, 0.4) is 0 Å². The molecule has 1 saturated heterocycles. The molecular formula is C25H35N5O4. The summed E-state index contributed by atoms with van der Waals surface area (Å²) in [7, 11) is 0. The lowest BCUT2D eigenvalue weighted by atomic mass is 9.85. The van der Waals surface area contributed by atoms with Crippen molar-refractivity contribution in [3.05, 3.63) is 41.7 Å². The molecule has 2 amide bonds. The monoisotopic (exact) mass is 469 g/mol. The van der Waals surface area contributed by atoms with Gasteiger partial charge in [-0.15, -0.1) is 0 Å². The summed E-state index contributed by atoms with van der Waals surface area (Å²) in [4.78, 5) is 41.0. The molecule has 1 fully saturated rings. The quantitative estimate of drug-likeness (QED) is 0.503. The number of fused-ring (bicyclic) bond motifs is 1. The standard InChI is InChI=1S/C25H35N5O4/c1-15(26)22(31)30-11-5-6-20(29-30)23(32)34-16(2)21-13-19-12-17(7-8-18(19)14-28-21)9-10-25(3,4)24(27)33/h7-8,12-16,20,29H,5-6,9-11,26H2,1-4H3,(H2,27,33)/t15-,16+,20-/m0/s1. The Morgan fingerprint density at radius 1 is 1.24 bits per heavy atom. The third-order valence-corrected chi connectivity index (χ3v) is 6.35. The van der Waals surface area contributed by atoms with Gasteiger partial charge in [0.2, 0.25) is 5.91 Å². The first-order chi connectivity index (χ1) is 16.0. The fraction of sp³-hybridized carbons (Fsp3) is 0.520. The van der Waals surface area contributed by atoms with Crippen LogP contribution < -0.4 is 16.9 Å². The van der Waals surface area contributed by atoms with Crippen LogP contribution in [0.1, 0.15) is 64.3 Å². The first-order valence-electron chi connectivity index (χ1n) is 11.7. The van der Waals surface area contributed by atoms with Crippen molar-refractivity contribution >= 4 is 28.6 Å². The lowest BCUT2D eigenvalue weighted by molar-refractivity contribution is -0.156. The summed E-state index contributed by atoms with van der Waals surface area (Å²) in [6, 6.07) is 6.73. The van der Waals surface area contributed by atoms with Crippen molar-refractivity contribution in [3.63, 3.8) is 0 Å². The van der Waals surface area contributed by atoms with Crippen LogP contribution in [0.2, 0.25) is 0 Å². The van der Waals surface area contributed by atoms with Crippen LogP contribution in [-0.2, 0) is 25.5 Å². The van der Waals surface area contributed by atoms with Gasteiger partial charge in [-0.1, -0.05) is 32.0 Å². The highest BCUT2D eigenvalue weighted by Gasteiger charge is 2.31. The normalized spacial score (nSPS) is 18.4. The van der Waals surface area contributed by atoms with Gasteiger partial charge in [0.25, 0.3) is 5.91 Å². The van der Waals surface area contributed by atoms with Crippen LogP contribution >= 0.6 is 0 Å². The number of esters is 1. The maximum atomic E-state index is 12.8. The molecule has 1 aromatic heterocycles. The van der Waals surface area contributed by atoms with Crippen molar-refractivity contribution in [2.45, 2.75) is 71.6 Å². The van der Waals surface area contributed by atoms with E-state index in [9.17, 15) is 14.4 Å². The van der Waals surface area contributed by atoms with Crippen molar-refractivity contribution in [3.8, 4) is 0 Å². The Hall–Kier alpha value is -3.04. The molecule has 2 heterocycles. The molecule has 3 rings (SSSR count). The number of nitrogens with one attached hydrogen (secondary N) is 1. The zero-order valence-corrected chi connectivity index (χ0v) is 20.3. The topological polar surface area (TPSA) is 141 Å². The second-order valence-corrected chi connectivity index (χ2v) is 9.72. The number of nitrogens with two attached hydrogens (primary N) is 2. The molecule has 1 aromatic carbocycles. The predicted octanol–water partition coefficient (Wildman–Crippen LogP) is 2.13. The van der Waals surface area contributed by atoms with Crippen molar-refractivity contribution in [1.82, 2.24) is 15.4 Å².